The predicted octanol–water partition coefficient (Wildman–Crippen LogP) is 9.15. The Balaban J connectivity index is 1.17. The molecule has 0 radical (unpaired) electrons. The number of para-hydroxylation sites is 2. The number of nitrogens with zero attached hydrogens (tertiary/aromatic N) is 1. The van der Waals surface area contributed by atoms with E-state index in [2.05, 4.69) is 66.0 Å². The fourth-order valence-corrected chi connectivity index (χ4v) is 5.76. The van der Waals surface area contributed by atoms with Crippen molar-refractivity contribution in [3.05, 3.63) is 135 Å². The van der Waals surface area contributed by atoms with E-state index in [-0.39, 0.29) is 6.04 Å². The van der Waals surface area contributed by atoms with Gasteiger partial charge in [-0.05, 0) is 65.9 Å². The molecule has 37 heavy (non-hydrogen) atoms. The van der Waals surface area contributed by atoms with E-state index in [0.29, 0.717) is 28.5 Å². The molecule has 0 amide bonds. The van der Waals surface area contributed by atoms with Gasteiger partial charge < -0.3 is 10.1 Å². The van der Waals surface area contributed by atoms with E-state index < -0.39 is 0 Å². The van der Waals surface area contributed by atoms with Gasteiger partial charge in [0, 0.05) is 39.0 Å². The molecule has 0 aromatic heterocycles. The van der Waals surface area contributed by atoms with Crippen molar-refractivity contribution < 1.29 is 4.74 Å². The van der Waals surface area contributed by atoms with Crippen LogP contribution in [0.5, 0.6) is 5.75 Å². The second-order valence-electron chi connectivity index (χ2n) is 9.47. The molecule has 0 spiro atoms. The summed E-state index contributed by atoms with van der Waals surface area (Å²) in [6.45, 7) is 0.351. The number of allylic oxidation sites excluding steroid dienone is 2. The number of hydrogen-bond acceptors (Lipinski definition) is 3. The zero-order valence-corrected chi connectivity index (χ0v) is 21.7. The van der Waals surface area contributed by atoms with Gasteiger partial charge in [0.2, 0.25) is 0 Å². The lowest BCUT2D eigenvalue weighted by Gasteiger charge is -2.37. The topological polar surface area (TPSA) is 33.6 Å². The zero-order valence-electron chi connectivity index (χ0n) is 20.1. The Morgan fingerprint density at radius 2 is 1.73 bits per heavy atom. The molecule has 6 rings (SSSR count). The molecule has 1 aliphatic heterocycles. The molecular formula is C32H26Cl2N2O. The van der Waals surface area contributed by atoms with Crippen LogP contribution in [0.4, 0.5) is 11.4 Å². The van der Waals surface area contributed by atoms with Gasteiger partial charge in [-0.3, -0.25) is 4.99 Å². The molecule has 3 atom stereocenters. The van der Waals surface area contributed by atoms with Gasteiger partial charge in [0.15, 0.2) is 0 Å². The summed E-state index contributed by atoms with van der Waals surface area (Å²) < 4.78 is 6.07. The first-order valence-electron chi connectivity index (χ1n) is 12.5. The monoisotopic (exact) mass is 524 g/mol. The van der Waals surface area contributed by atoms with Crippen molar-refractivity contribution in [3.8, 4) is 5.75 Å². The maximum absolute atomic E-state index is 6.30. The number of rotatable bonds is 6. The second-order valence-corrected chi connectivity index (χ2v) is 10.3. The smallest absolute Gasteiger partial charge is 0.128 e. The number of anilines is 1. The molecule has 4 aromatic carbocycles. The molecule has 0 saturated heterocycles. The van der Waals surface area contributed by atoms with Crippen LogP contribution < -0.4 is 10.1 Å². The molecule has 0 saturated carbocycles. The SMILES string of the molecule is Clc1ccc(COc2ccccc2C=Nc2ccc([C@@H]3Nc4ccccc4[C@@H]4C=CC[C@H]43)cc2)c(Cl)c1. The van der Waals surface area contributed by atoms with Crippen molar-refractivity contribution in [2.24, 2.45) is 10.9 Å². The largest absolute Gasteiger partial charge is 0.488 e. The van der Waals surface area contributed by atoms with Crippen LogP contribution >= 0.6 is 23.2 Å². The molecule has 0 fully saturated rings. The lowest BCUT2D eigenvalue weighted by atomic mass is 9.77. The van der Waals surface area contributed by atoms with Crippen LogP contribution in [0.2, 0.25) is 10.0 Å². The molecule has 0 bridgehead atoms. The van der Waals surface area contributed by atoms with E-state index in [1.165, 1.54) is 16.8 Å². The van der Waals surface area contributed by atoms with Crippen LogP contribution in [0.25, 0.3) is 0 Å². The van der Waals surface area contributed by atoms with Gasteiger partial charge in [0.05, 0.1) is 11.7 Å². The van der Waals surface area contributed by atoms with Gasteiger partial charge in [-0.1, -0.05) is 83.9 Å². The van der Waals surface area contributed by atoms with Crippen molar-refractivity contribution in [2.75, 3.05) is 5.32 Å². The average Bonchev–Trinajstić information content (AvgIpc) is 3.42. The molecule has 0 unspecified atom stereocenters. The summed E-state index contributed by atoms with van der Waals surface area (Å²) in [5.41, 5.74) is 6.61. The Bertz CT molecular complexity index is 1480. The molecular weight excluding hydrogens is 499 g/mol. The van der Waals surface area contributed by atoms with Gasteiger partial charge in [0.25, 0.3) is 0 Å². The quantitative estimate of drug-likeness (QED) is 0.201. The average molecular weight is 525 g/mol. The third kappa shape index (κ3) is 5.02. The molecule has 4 aromatic rings. The normalized spacial score (nSPS) is 19.9. The standard InChI is InChI=1S/C32H26Cl2N2O/c33-24-15-12-23(29(34)18-24)20-37-31-11-4-1-6-22(31)19-35-25-16-13-21(14-17-25)32-28-9-5-8-26(28)27-7-2-3-10-30(27)36-32/h1-8,10-19,26,28,32,36H,9,20H2/t26-,28+,32-/m0/s1. The van der Waals surface area contributed by atoms with Gasteiger partial charge in [-0.2, -0.15) is 0 Å². The Morgan fingerprint density at radius 1 is 0.919 bits per heavy atom. The first-order valence-corrected chi connectivity index (χ1v) is 13.2. The predicted molar refractivity (Wildman–Crippen MR) is 154 cm³/mol. The first-order chi connectivity index (χ1) is 18.2. The number of hydrogen-bond donors (Lipinski definition) is 1. The Kier molecular flexibility index (Phi) is 6.73. The van der Waals surface area contributed by atoms with Gasteiger partial charge >= 0.3 is 0 Å². The summed E-state index contributed by atoms with van der Waals surface area (Å²) in [5, 5.41) is 4.99. The van der Waals surface area contributed by atoms with Gasteiger partial charge in [0.1, 0.15) is 12.4 Å². The maximum atomic E-state index is 6.30. The van der Waals surface area contributed by atoms with Crippen LogP contribution in [0.1, 0.15) is 40.6 Å². The van der Waals surface area contributed by atoms with Crippen molar-refractivity contribution >= 4 is 40.8 Å². The lowest BCUT2D eigenvalue weighted by molar-refractivity contribution is 0.306. The number of halogens is 2. The maximum Gasteiger partial charge on any atom is 0.128 e. The molecule has 3 nitrogen and oxygen atoms in total. The van der Waals surface area contributed by atoms with E-state index in [1.807, 2.05) is 42.6 Å². The van der Waals surface area contributed by atoms with Crippen molar-refractivity contribution in [2.45, 2.75) is 25.0 Å². The Hall–Kier alpha value is -3.53. The molecule has 2 aliphatic rings. The fraction of sp³-hybridized carbons (Fsp3) is 0.156. The summed E-state index contributed by atoms with van der Waals surface area (Å²) in [7, 11) is 0. The fourth-order valence-electron chi connectivity index (χ4n) is 5.30. The van der Waals surface area contributed by atoms with Crippen LogP contribution in [-0.2, 0) is 6.61 Å². The van der Waals surface area contributed by atoms with Crippen LogP contribution in [0, 0.1) is 5.92 Å². The lowest BCUT2D eigenvalue weighted by Crippen LogP contribution is -2.28. The summed E-state index contributed by atoms with van der Waals surface area (Å²) in [5.74, 6) is 1.75. The van der Waals surface area contributed by atoms with Crippen molar-refractivity contribution in [3.63, 3.8) is 0 Å². The summed E-state index contributed by atoms with van der Waals surface area (Å²) in [6.07, 6.45) is 7.63. The highest BCUT2D eigenvalue weighted by Gasteiger charge is 2.37. The number of fused-ring (bicyclic) bond motifs is 3. The van der Waals surface area contributed by atoms with Gasteiger partial charge in [-0.15, -0.1) is 0 Å². The first kappa shape index (κ1) is 23.8. The van der Waals surface area contributed by atoms with E-state index in [9.17, 15) is 0 Å². The molecule has 1 aliphatic carbocycles. The van der Waals surface area contributed by atoms with E-state index >= 15 is 0 Å². The number of benzene rings is 4. The van der Waals surface area contributed by atoms with Crippen LogP contribution in [-0.4, -0.2) is 6.21 Å². The van der Waals surface area contributed by atoms with Crippen molar-refractivity contribution in [1.29, 1.82) is 0 Å². The third-order valence-electron chi connectivity index (χ3n) is 7.19. The number of aliphatic imine (C=N–C) groups is 1. The Labute approximate surface area is 227 Å². The molecule has 5 heteroatoms. The van der Waals surface area contributed by atoms with E-state index in [4.69, 9.17) is 32.9 Å². The molecule has 1 N–H and O–H groups in total. The highest BCUT2D eigenvalue weighted by molar-refractivity contribution is 6.35. The summed E-state index contributed by atoms with van der Waals surface area (Å²) >= 11 is 12.3. The third-order valence-corrected chi connectivity index (χ3v) is 7.78. The Morgan fingerprint density at radius 3 is 2.59 bits per heavy atom. The van der Waals surface area contributed by atoms with Crippen molar-refractivity contribution in [1.82, 2.24) is 0 Å². The minimum atomic E-state index is 0.279. The second kappa shape index (κ2) is 10.5. The van der Waals surface area contributed by atoms with Gasteiger partial charge in [-0.25, -0.2) is 0 Å². The minimum Gasteiger partial charge on any atom is -0.488 e. The van der Waals surface area contributed by atoms with E-state index in [0.717, 1.165) is 29.0 Å². The summed E-state index contributed by atoms with van der Waals surface area (Å²) in [4.78, 5) is 4.73. The number of nitrogens with one attached hydrogen (secondary N) is 1. The molecule has 184 valence electrons. The van der Waals surface area contributed by atoms with Crippen LogP contribution in [0.3, 0.4) is 0 Å². The van der Waals surface area contributed by atoms with Crippen LogP contribution in [0.15, 0.2) is 108 Å². The highest BCUT2D eigenvalue weighted by atomic mass is 35.5. The molecule has 1 heterocycles. The van der Waals surface area contributed by atoms with E-state index in [1.54, 1.807) is 6.07 Å². The zero-order chi connectivity index (χ0) is 25.2. The summed E-state index contributed by atoms with van der Waals surface area (Å²) in [6, 6.07) is 30.8. The highest BCUT2D eigenvalue weighted by Crippen LogP contribution is 2.49. The number of ether oxygens (including phenoxy) is 1. The minimum absolute atomic E-state index is 0.279.